The van der Waals surface area contributed by atoms with E-state index in [9.17, 15) is 12.9 Å². The van der Waals surface area contributed by atoms with Gasteiger partial charge in [0.25, 0.3) is 0 Å². The van der Waals surface area contributed by atoms with Crippen LogP contribution in [0.2, 0.25) is 0 Å². The zero-order chi connectivity index (χ0) is 10.7. The van der Waals surface area contributed by atoms with Crippen LogP contribution in [0.15, 0.2) is 0 Å². The standard InChI is InChI=1S/3BClFO.3Li/c3*2-1(3)4;;;/q3*-1;3*+1. The molecule has 0 unspecified atom stereocenters. The van der Waals surface area contributed by atoms with Gasteiger partial charge in [-0.25, -0.2) is 0 Å². The van der Waals surface area contributed by atoms with Crippen LogP contribution in [0.25, 0.3) is 0 Å². The summed E-state index contributed by atoms with van der Waals surface area (Å²) in [6.45, 7) is -7.33. The van der Waals surface area contributed by atoms with Crippen LogP contribution < -0.4 is 71.7 Å². The largest absolute Gasteiger partial charge is 1.00 e. The first-order chi connectivity index (χ1) is 5.20. The average Bonchev–Trinajstić information content (AvgIpc) is 1.54. The average molecular weight is 265 g/mol. The van der Waals surface area contributed by atoms with Crippen molar-refractivity contribution in [2.45, 2.75) is 0 Å². The molecule has 0 aromatic carbocycles. The molecule has 0 fully saturated rings. The molecule has 3 nitrogen and oxygen atoms in total. The molecule has 0 atom stereocenters. The minimum atomic E-state index is -2.44. The Balaban J connectivity index is -0.0000000184. The SMILES string of the molecule is [Li+].[Li+].[Li+].[O-]B(F)Cl.[O-]B(F)Cl.[O-]B(F)Cl. The molecule has 0 saturated carbocycles. The molecule has 0 radical (unpaired) electrons. The fourth-order valence-electron chi connectivity index (χ4n) is 0. The van der Waals surface area contributed by atoms with Gasteiger partial charge >= 0.3 is 76.4 Å². The molecular formula is B3Cl3F3Li3O3. The number of hydrogen-bond acceptors (Lipinski definition) is 3. The van der Waals surface area contributed by atoms with Gasteiger partial charge < -0.3 is 28.0 Å². The second-order valence-corrected chi connectivity index (χ2v) is 1.81. The van der Waals surface area contributed by atoms with E-state index < -0.39 is 19.8 Å². The van der Waals surface area contributed by atoms with E-state index in [2.05, 4.69) is 34.4 Å². The molecule has 0 saturated heterocycles. The first-order valence-corrected chi connectivity index (χ1v) is 3.33. The summed E-state index contributed by atoms with van der Waals surface area (Å²) in [7, 11) is 0. The second kappa shape index (κ2) is 30.0. The predicted molar refractivity (Wildman–Crippen MR) is 38.1 cm³/mol. The van der Waals surface area contributed by atoms with Crippen LogP contribution in [0, 0.1) is 0 Å². The van der Waals surface area contributed by atoms with Crippen molar-refractivity contribution in [2.24, 2.45) is 0 Å². The van der Waals surface area contributed by atoms with Crippen molar-refractivity contribution in [3.8, 4) is 0 Å². The maximum atomic E-state index is 10.2. The molecule has 0 aromatic heterocycles. The van der Waals surface area contributed by atoms with E-state index in [1.807, 2.05) is 0 Å². The molecule has 0 aliphatic rings. The number of rotatable bonds is 0. The van der Waals surface area contributed by atoms with Gasteiger partial charge in [0, 0.05) is 0 Å². The van der Waals surface area contributed by atoms with E-state index in [0.717, 1.165) is 0 Å². The van der Waals surface area contributed by atoms with Crippen LogP contribution >= 0.6 is 34.4 Å². The van der Waals surface area contributed by atoms with Gasteiger partial charge in [-0.2, -0.15) is 34.4 Å². The zero-order valence-corrected chi connectivity index (χ0v) is 10.5. The Kier molecular flexibility index (Phi) is 72.0. The van der Waals surface area contributed by atoms with Crippen molar-refractivity contribution in [1.29, 1.82) is 0 Å². The molecule has 0 aliphatic carbocycles. The topological polar surface area (TPSA) is 69.2 Å². The molecule has 0 rings (SSSR count). The fraction of sp³-hybridized carbons (Fsp3) is 0. The monoisotopic (exact) mass is 264 g/mol. The number of halogens is 6. The first kappa shape index (κ1) is 36.0. The molecule has 0 heterocycles. The molecule has 0 aromatic rings. The summed E-state index contributed by atoms with van der Waals surface area (Å²) in [5, 5.41) is 25.9. The first-order valence-electron chi connectivity index (χ1n) is 2.02. The maximum Gasteiger partial charge on any atom is 1.00 e. The molecule has 0 spiro atoms. The van der Waals surface area contributed by atoms with Crippen molar-refractivity contribution >= 4 is 54.2 Å². The van der Waals surface area contributed by atoms with Crippen LogP contribution in [-0.4, -0.2) is 19.8 Å². The van der Waals surface area contributed by atoms with Gasteiger partial charge in [0.1, 0.15) is 0 Å². The Morgan fingerprint density at radius 3 is 0.600 bits per heavy atom. The predicted octanol–water partition coefficient (Wildman–Crippen LogP) is -10.4. The Morgan fingerprint density at radius 2 is 0.600 bits per heavy atom. The van der Waals surface area contributed by atoms with Crippen LogP contribution in [0.3, 0.4) is 0 Å². The van der Waals surface area contributed by atoms with Crippen molar-refractivity contribution in [3.63, 3.8) is 0 Å². The van der Waals surface area contributed by atoms with E-state index in [1.54, 1.807) is 0 Å². The second-order valence-electron chi connectivity index (χ2n) is 0.782. The molecular weight excluding hydrogens is 265 g/mol. The van der Waals surface area contributed by atoms with E-state index in [4.69, 9.17) is 15.1 Å². The third kappa shape index (κ3) is 546. The molecule has 0 bridgehead atoms. The van der Waals surface area contributed by atoms with Crippen molar-refractivity contribution in [2.75, 3.05) is 0 Å². The third-order valence-corrected chi connectivity index (χ3v) is 0. The summed E-state index contributed by atoms with van der Waals surface area (Å²) >= 11 is 12.2. The summed E-state index contributed by atoms with van der Waals surface area (Å²) in [6.07, 6.45) is 0. The fourth-order valence-corrected chi connectivity index (χ4v) is 0. The van der Waals surface area contributed by atoms with Crippen molar-refractivity contribution in [3.05, 3.63) is 0 Å². The van der Waals surface area contributed by atoms with Crippen molar-refractivity contribution < 1.29 is 84.6 Å². The summed E-state index contributed by atoms with van der Waals surface area (Å²) in [5.41, 5.74) is 0. The quantitative estimate of drug-likeness (QED) is 0.408. The maximum absolute atomic E-state index is 10.2. The van der Waals surface area contributed by atoms with E-state index in [0.29, 0.717) is 0 Å². The summed E-state index contributed by atoms with van der Waals surface area (Å²) in [5.74, 6) is 0. The van der Waals surface area contributed by atoms with Gasteiger partial charge in [0.05, 0.1) is 0 Å². The normalized spacial score (nSPS) is 5.40. The molecule has 0 aliphatic heterocycles. The summed E-state index contributed by atoms with van der Waals surface area (Å²) in [6, 6.07) is 0. The smallest absolute Gasteiger partial charge is 0.839 e. The molecule has 0 amide bonds. The van der Waals surface area contributed by atoms with Gasteiger partial charge in [0.15, 0.2) is 0 Å². The molecule has 15 heavy (non-hydrogen) atoms. The Morgan fingerprint density at radius 1 is 0.600 bits per heavy atom. The molecule has 15 heteroatoms. The van der Waals surface area contributed by atoms with Gasteiger partial charge in [-0.1, -0.05) is 0 Å². The Labute approximate surface area is 138 Å². The van der Waals surface area contributed by atoms with Crippen LogP contribution in [0.1, 0.15) is 0 Å². The molecule has 0 N–H and O–H groups in total. The number of hydrogen-bond donors (Lipinski definition) is 0. The van der Waals surface area contributed by atoms with E-state index in [-0.39, 0.29) is 56.6 Å². The van der Waals surface area contributed by atoms with Gasteiger partial charge in [-0.15, -0.1) is 0 Å². The van der Waals surface area contributed by atoms with Crippen LogP contribution in [0.4, 0.5) is 12.9 Å². The minimum absolute atomic E-state index is 0. The minimum Gasteiger partial charge on any atom is -0.839 e. The Hall–Kier alpha value is 2.53. The van der Waals surface area contributed by atoms with Crippen molar-refractivity contribution in [1.82, 2.24) is 0 Å². The molecule has 72 valence electrons. The zero-order valence-electron chi connectivity index (χ0n) is 8.22. The van der Waals surface area contributed by atoms with Gasteiger partial charge in [-0.3, -0.25) is 0 Å². The van der Waals surface area contributed by atoms with Gasteiger partial charge in [-0.05, 0) is 0 Å². The van der Waals surface area contributed by atoms with Crippen LogP contribution in [0.5, 0.6) is 0 Å². The van der Waals surface area contributed by atoms with E-state index >= 15 is 0 Å². The van der Waals surface area contributed by atoms with Crippen LogP contribution in [-0.2, 0) is 0 Å². The van der Waals surface area contributed by atoms with E-state index in [1.165, 1.54) is 0 Å². The summed E-state index contributed by atoms with van der Waals surface area (Å²) < 4.78 is 30.6. The third-order valence-electron chi connectivity index (χ3n) is 0. The summed E-state index contributed by atoms with van der Waals surface area (Å²) in [4.78, 5) is 0. The van der Waals surface area contributed by atoms with Gasteiger partial charge in [0.2, 0.25) is 0 Å². The Bertz CT molecular complexity index is 63.4.